The van der Waals surface area contributed by atoms with E-state index in [1.807, 2.05) is 19.9 Å². The first-order chi connectivity index (χ1) is 8.20. The Balaban J connectivity index is 0. The van der Waals surface area contributed by atoms with Crippen LogP contribution in [0.2, 0.25) is 0 Å². The Morgan fingerprint density at radius 2 is 1.83 bits per heavy atom. The van der Waals surface area contributed by atoms with E-state index in [-0.39, 0.29) is 7.43 Å². The van der Waals surface area contributed by atoms with Crippen LogP contribution in [0, 0.1) is 6.92 Å². The lowest BCUT2D eigenvalue weighted by atomic mass is 10.0. The van der Waals surface area contributed by atoms with E-state index in [2.05, 4.69) is 51.3 Å². The van der Waals surface area contributed by atoms with Gasteiger partial charge in [-0.2, -0.15) is 0 Å². The van der Waals surface area contributed by atoms with Gasteiger partial charge in [-0.1, -0.05) is 77.8 Å². The van der Waals surface area contributed by atoms with Gasteiger partial charge in [0.05, 0.1) is 0 Å². The lowest BCUT2D eigenvalue weighted by molar-refractivity contribution is 1.23. The topological polar surface area (TPSA) is 0 Å². The van der Waals surface area contributed by atoms with E-state index in [1.165, 1.54) is 11.1 Å². The predicted molar refractivity (Wildman–Crippen MR) is 88.0 cm³/mol. The molecule has 100 valence electrons. The summed E-state index contributed by atoms with van der Waals surface area (Å²) in [5.74, 6) is 0. The quantitative estimate of drug-likeness (QED) is 0.736. The van der Waals surface area contributed by atoms with Gasteiger partial charge in [0, 0.05) is 0 Å². The Morgan fingerprint density at radius 1 is 1.22 bits per heavy atom. The number of hydrogen-bond acceptors (Lipinski definition) is 0. The van der Waals surface area contributed by atoms with Crippen LogP contribution in [0.1, 0.15) is 45.7 Å². The molecule has 0 nitrogen and oxygen atoms in total. The molecule has 0 saturated carbocycles. The van der Waals surface area contributed by atoms with Crippen molar-refractivity contribution in [1.82, 2.24) is 0 Å². The summed E-state index contributed by atoms with van der Waals surface area (Å²) in [6.45, 7) is 16.0. The minimum Gasteiger partial charge on any atom is -0.0990 e. The second-order valence-electron chi connectivity index (χ2n) is 3.56. The first kappa shape index (κ1) is 18.8. The van der Waals surface area contributed by atoms with E-state index >= 15 is 0 Å². The molecule has 0 aromatic heterocycles. The molecule has 0 aliphatic carbocycles. The molecule has 1 aromatic carbocycles. The largest absolute Gasteiger partial charge is 0.0990 e. The monoisotopic (exact) mass is 244 g/mol. The molecule has 0 N–H and O–H groups in total. The van der Waals surface area contributed by atoms with Crippen LogP contribution in [-0.2, 0) is 0 Å². The Labute approximate surface area is 113 Å². The zero-order valence-electron chi connectivity index (χ0n) is 11.6. The van der Waals surface area contributed by atoms with Crippen LogP contribution < -0.4 is 10.4 Å². The molecule has 0 bridgehead atoms. The number of hydrogen-bond donors (Lipinski definition) is 0. The van der Waals surface area contributed by atoms with Gasteiger partial charge in [-0.15, -0.1) is 0 Å². The second-order valence-corrected chi connectivity index (χ2v) is 3.56. The molecule has 0 spiro atoms. The van der Waals surface area contributed by atoms with Crippen LogP contribution in [0.15, 0.2) is 30.9 Å². The van der Waals surface area contributed by atoms with E-state index in [9.17, 15) is 0 Å². The molecule has 0 amide bonds. The smallest absolute Gasteiger partial charge is 0.0187 e. The number of benzene rings is 1. The van der Waals surface area contributed by atoms with Crippen LogP contribution in [0.3, 0.4) is 0 Å². The van der Waals surface area contributed by atoms with Crippen molar-refractivity contribution >= 4 is 18.7 Å². The van der Waals surface area contributed by atoms with Gasteiger partial charge < -0.3 is 0 Å². The van der Waals surface area contributed by atoms with Gasteiger partial charge in [0.15, 0.2) is 0 Å². The highest BCUT2D eigenvalue weighted by Gasteiger charge is 1.94. The fraction of sp³-hybridized carbons (Fsp3) is 0.333. The van der Waals surface area contributed by atoms with Crippen molar-refractivity contribution in [3.63, 3.8) is 0 Å². The third kappa shape index (κ3) is 5.18. The molecule has 18 heavy (non-hydrogen) atoms. The van der Waals surface area contributed by atoms with Crippen LogP contribution in [0.5, 0.6) is 0 Å². The molecule has 0 unspecified atom stereocenters. The Morgan fingerprint density at radius 3 is 2.33 bits per heavy atom. The summed E-state index contributed by atoms with van der Waals surface area (Å²) in [6, 6.07) is 4.22. The maximum absolute atomic E-state index is 4.09. The lowest BCUT2D eigenvalue weighted by Gasteiger charge is -2.01. The first-order valence-electron chi connectivity index (χ1n) is 6.28. The Hall–Kier alpha value is -1.56. The summed E-state index contributed by atoms with van der Waals surface area (Å²) in [4.78, 5) is 0. The summed E-state index contributed by atoms with van der Waals surface area (Å²) < 4.78 is 0. The van der Waals surface area contributed by atoms with Crippen LogP contribution in [0.4, 0.5) is 0 Å². The average Bonchev–Trinajstić information content (AvgIpc) is 2.37. The summed E-state index contributed by atoms with van der Waals surface area (Å²) in [5, 5.41) is 2.24. The fourth-order valence-electron chi connectivity index (χ4n) is 1.50. The second kappa shape index (κ2) is 10.6. The van der Waals surface area contributed by atoms with Crippen molar-refractivity contribution in [2.45, 2.75) is 41.5 Å². The van der Waals surface area contributed by atoms with Crippen molar-refractivity contribution in [2.24, 2.45) is 0 Å². The molecule has 0 heteroatoms. The zero-order valence-corrected chi connectivity index (χ0v) is 11.6. The molecule has 0 heterocycles. The SMILES string of the molecule is C.C=C/C=c1/ccc(/C=C\CC)c(C)c1=C.CC. The zero-order chi connectivity index (χ0) is 13.3. The van der Waals surface area contributed by atoms with E-state index in [1.54, 1.807) is 6.08 Å². The van der Waals surface area contributed by atoms with Gasteiger partial charge in [0.25, 0.3) is 0 Å². The van der Waals surface area contributed by atoms with Gasteiger partial charge in [0.1, 0.15) is 0 Å². The van der Waals surface area contributed by atoms with Crippen LogP contribution in [0.25, 0.3) is 18.7 Å². The summed E-state index contributed by atoms with van der Waals surface area (Å²) in [6.07, 6.45) is 9.17. The highest BCUT2D eigenvalue weighted by atomic mass is 14.0. The van der Waals surface area contributed by atoms with E-state index in [0.717, 1.165) is 16.9 Å². The van der Waals surface area contributed by atoms with E-state index in [4.69, 9.17) is 0 Å². The molecule has 0 fully saturated rings. The average molecular weight is 244 g/mol. The molecule has 0 saturated heterocycles. The molecule has 0 aliphatic heterocycles. The molecule has 1 rings (SSSR count). The first-order valence-corrected chi connectivity index (χ1v) is 6.28. The highest BCUT2D eigenvalue weighted by molar-refractivity contribution is 5.55. The van der Waals surface area contributed by atoms with Crippen molar-refractivity contribution < 1.29 is 0 Å². The number of rotatable bonds is 3. The molecule has 0 radical (unpaired) electrons. The normalized spacial score (nSPS) is 10.6. The maximum atomic E-state index is 4.09. The Bertz CT molecular complexity index is 475. The van der Waals surface area contributed by atoms with Crippen molar-refractivity contribution in [3.05, 3.63) is 52.4 Å². The van der Waals surface area contributed by atoms with Gasteiger partial charge in [-0.3, -0.25) is 0 Å². The summed E-state index contributed by atoms with van der Waals surface area (Å²) >= 11 is 0. The van der Waals surface area contributed by atoms with Crippen molar-refractivity contribution in [1.29, 1.82) is 0 Å². The molecule has 0 atom stereocenters. The Kier molecular flexibility index (Phi) is 11.1. The van der Waals surface area contributed by atoms with Crippen LogP contribution >= 0.6 is 0 Å². The van der Waals surface area contributed by atoms with Crippen molar-refractivity contribution in [2.75, 3.05) is 0 Å². The van der Waals surface area contributed by atoms with Crippen molar-refractivity contribution in [3.8, 4) is 0 Å². The summed E-state index contributed by atoms with van der Waals surface area (Å²) in [7, 11) is 0. The molecule has 1 aromatic rings. The predicted octanol–water partition coefficient (Wildman–Crippen LogP) is 4.46. The minimum atomic E-state index is 0. The van der Waals surface area contributed by atoms with Gasteiger partial charge >= 0.3 is 0 Å². The highest BCUT2D eigenvalue weighted by Crippen LogP contribution is 2.03. The fourth-order valence-corrected chi connectivity index (χ4v) is 1.50. The van der Waals surface area contributed by atoms with Crippen LogP contribution in [-0.4, -0.2) is 0 Å². The maximum Gasteiger partial charge on any atom is -0.0187 e. The van der Waals surface area contributed by atoms with E-state index < -0.39 is 0 Å². The minimum absolute atomic E-state index is 0. The van der Waals surface area contributed by atoms with Gasteiger partial charge in [0.2, 0.25) is 0 Å². The number of allylic oxidation sites excluding steroid dienone is 2. The summed E-state index contributed by atoms with van der Waals surface area (Å²) in [5.41, 5.74) is 2.50. The van der Waals surface area contributed by atoms with Gasteiger partial charge in [-0.25, -0.2) is 0 Å². The molecular formula is C18H28. The lowest BCUT2D eigenvalue weighted by Crippen LogP contribution is -2.26. The third-order valence-corrected chi connectivity index (χ3v) is 2.51. The van der Waals surface area contributed by atoms with E-state index in [0.29, 0.717) is 0 Å². The third-order valence-electron chi connectivity index (χ3n) is 2.51. The standard InChI is InChI=1S/C15H18.C2H6.CH4/c1-5-7-9-15-11-10-14(8-6-2)12(3)13(15)4;1-2;/h6-11H,2-3,5H2,1,4H3;1-2H3;1H4/b9-7-,14-8-;;. The van der Waals surface area contributed by atoms with Gasteiger partial charge in [-0.05, 0) is 34.9 Å². The molecular weight excluding hydrogens is 216 g/mol. The molecule has 0 aliphatic rings.